The van der Waals surface area contributed by atoms with Crippen LogP contribution in [0.4, 0.5) is 5.82 Å². The summed E-state index contributed by atoms with van der Waals surface area (Å²) in [6, 6.07) is 0. The molecule has 132 valence electrons. The van der Waals surface area contributed by atoms with Gasteiger partial charge in [0.1, 0.15) is 17.7 Å². The molecule has 1 fully saturated rings. The van der Waals surface area contributed by atoms with Crippen LogP contribution in [0.3, 0.4) is 0 Å². The Balaban J connectivity index is 1.80. The summed E-state index contributed by atoms with van der Waals surface area (Å²) in [5.41, 5.74) is 6.53. The van der Waals surface area contributed by atoms with E-state index in [0.717, 1.165) is 18.6 Å². The number of aliphatic hydroxyl groups excluding tert-OH is 2. The first-order chi connectivity index (χ1) is 11.5. The summed E-state index contributed by atoms with van der Waals surface area (Å²) in [4.78, 5) is 12.1. The van der Waals surface area contributed by atoms with Gasteiger partial charge in [-0.3, -0.25) is 4.57 Å². The molecular weight excluding hydrogens is 354 g/mol. The minimum absolute atomic E-state index is 0.0125. The van der Waals surface area contributed by atoms with Gasteiger partial charge in [0.15, 0.2) is 17.7 Å². The Morgan fingerprint density at radius 1 is 1.38 bits per heavy atom. The molecular formula is C14H20ClN5O3S. The van der Waals surface area contributed by atoms with Gasteiger partial charge in [0, 0.05) is 5.75 Å². The van der Waals surface area contributed by atoms with Gasteiger partial charge in [-0.1, -0.05) is 13.3 Å². The molecule has 3 heterocycles. The van der Waals surface area contributed by atoms with Gasteiger partial charge >= 0.3 is 0 Å². The standard InChI is InChI=1S/C14H20ClN5O3S/c1-2-3-4-24-5-7-9(21)10(22)13(23-7)20-6-17-8-11(16)18-14(15)19-12(8)20/h6-7,9-10,13,21-22H,2-5H2,1H3,(H2,16,18,19)/t7-,9?,10?,13-/m1/s1. The summed E-state index contributed by atoms with van der Waals surface area (Å²) in [6.07, 6.45) is 0.367. The van der Waals surface area contributed by atoms with Crippen molar-refractivity contribution in [3.8, 4) is 0 Å². The van der Waals surface area contributed by atoms with Gasteiger partial charge in [-0.2, -0.15) is 21.7 Å². The smallest absolute Gasteiger partial charge is 0.226 e. The summed E-state index contributed by atoms with van der Waals surface area (Å²) in [5, 5.41) is 20.6. The molecule has 2 aromatic rings. The molecule has 1 aliphatic rings. The number of nitrogens with two attached hydrogens (primary N) is 1. The van der Waals surface area contributed by atoms with E-state index in [1.54, 1.807) is 11.8 Å². The molecule has 3 rings (SSSR count). The van der Waals surface area contributed by atoms with Crippen LogP contribution in [0.15, 0.2) is 6.33 Å². The minimum atomic E-state index is -1.09. The van der Waals surface area contributed by atoms with Crippen molar-refractivity contribution in [3.63, 3.8) is 0 Å². The summed E-state index contributed by atoms with van der Waals surface area (Å²) < 4.78 is 7.39. The van der Waals surface area contributed by atoms with E-state index >= 15 is 0 Å². The number of rotatable bonds is 6. The quantitative estimate of drug-likeness (QED) is 0.510. The molecule has 1 saturated heterocycles. The van der Waals surface area contributed by atoms with Gasteiger partial charge in [-0.15, -0.1) is 0 Å². The van der Waals surface area contributed by atoms with Crippen LogP contribution < -0.4 is 5.73 Å². The van der Waals surface area contributed by atoms with Gasteiger partial charge in [0.2, 0.25) is 5.28 Å². The van der Waals surface area contributed by atoms with E-state index in [2.05, 4.69) is 21.9 Å². The van der Waals surface area contributed by atoms with Crippen molar-refractivity contribution in [1.82, 2.24) is 19.5 Å². The van der Waals surface area contributed by atoms with Crippen molar-refractivity contribution in [2.75, 3.05) is 17.2 Å². The number of nitrogen functional groups attached to an aromatic ring is 1. The molecule has 4 atom stereocenters. The molecule has 0 aromatic carbocycles. The van der Waals surface area contributed by atoms with Gasteiger partial charge in [0.25, 0.3) is 0 Å². The predicted molar refractivity (Wildman–Crippen MR) is 92.9 cm³/mol. The maximum Gasteiger partial charge on any atom is 0.226 e. The Labute approximate surface area is 148 Å². The molecule has 0 bridgehead atoms. The molecule has 24 heavy (non-hydrogen) atoms. The fourth-order valence-electron chi connectivity index (χ4n) is 2.64. The highest BCUT2D eigenvalue weighted by Gasteiger charge is 2.44. The monoisotopic (exact) mass is 373 g/mol. The lowest BCUT2D eigenvalue weighted by Gasteiger charge is -2.16. The summed E-state index contributed by atoms with van der Waals surface area (Å²) >= 11 is 7.55. The summed E-state index contributed by atoms with van der Waals surface area (Å²) in [5.74, 6) is 1.76. The average molecular weight is 374 g/mol. The Kier molecular flexibility index (Phi) is 5.46. The van der Waals surface area contributed by atoms with E-state index < -0.39 is 24.5 Å². The van der Waals surface area contributed by atoms with Crippen molar-refractivity contribution in [2.45, 2.75) is 44.3 Å². The van der Waals surface area contributed by atoms with E-state index in [-0.39, 0.29) is 11.1 Å². The number of fused-ring (bicyclic) bond motifs is 1. The molecule has 0 saturated carbocycles. The molecule has 0 radical (unpaired) electrons. The second-order valence-corrected chi connectivity index (χ2v) is 7.16. The van der Waals surface area contributed by atoms with Crippen LogP contribution in [0, 0.1) is 0 Å². The second kappa shape index (κ2) is 7.40. The number of nitrogens with zero attached hydrogens (tertiary/aromatic N) is 4. The Hall–Kier alpha value is -1.13. The van der Waals surface area contributed by atoms with E-state index in [9.17, 15) is 10.2 Å². The minimum Gasteiger partial charge on any atom is -0.387 e. The number of hydrogen-bond donors (Lipinski definition) is 3. The third-order valence-electron chi connectivity index (χ3n) is 3.96. The maximum atomic E-state index is 10.4. The second-order valence-electron chi connectivity index (χ2n) is 5.68. The molecule has 4 N–H and O–H groups in total. The topological polar surface area (TPSA) is 119 Å². The van der Waals surface area contributed by atoms with Crippen LogP contribution in [-0.2, 0) is 4.74 Å². The first-order valence-corrected chi connectivity index (χ1v) is 9.31. The number of aliphatic hydroxyl groups is 2. The molecule has 1 aliphatic heterocycles. The van der Waals surface area contributed by atoms with Crippen molar-refractivity contribution in [1.29, 1.82) is 0 Å². The zero-order chi connectivity index (χ0) is 17.3. The molecule has 0 amide bonds. The molecule has 0 aliphatic carbocycles. The highest BCUT2D eigenvalue weighted by Crippen LogP contribution is 2.33. The summed E-state index contributed by atoms with van der Waals surface area (Å²) in [7, 11) is 0. The zero-order valence-corrected chi connectivity index (χ0v) is 14.7. The first-order valence-electron chi connectivity index (χ1n) is 7.77. The highest BCUT2D eigenvalue weighted by molar-refractivity contribution is 7.99. The number of hydrogen-bond acceptors (Lipinski definition) is 8. The average Bonchev–Trinajstić information content (AvgIpc) is 3.07. The third-order valence-corrected chi connectivity index (χ3v) is 5.27. The van der Waals surface area contributed by atoms with Gasteiger partial charge in [0.05, 0.1) is 12.4 Å². The molecule has 0 spiro atoms. The number of anilines is 1. The SMILES string of the molecule is CCCCSC[C@H]1O[C@@H](n2cnc3c(N)nc(Cl)nc32)C(O)C1O. The lowest BCUT2D eigenvalue weighted by Crippen LogP contribution is -2.32. The fraction of sp³-hybridized carbons (Fsp3) is 0.643. The molecule has 2 unspecified atom stereocenters. The van der Waals surface area contributed by atoms with Crippen LogP contribution in [-0.4, -0.2) is 59.5 Å². The Bertz CT molecular complexity index is 715. The largest absolute Gasteiger partial charge is 0.387 e. The van der Waals surface area contributed by atoms with Gasteiger partial charge in [-0.05, 0) is 23.8 Å². The fourth-order valence-corrected chi connectivity index (χ4v) is 3.98. The van der Waals surface area contributed by atoms with Crippen LogP contribution in [0.2, 0.25) is 5.28 Å². The lowest BCUT2D eigenvalue weighted by molar-refractivity contribution is -0.0289. The maximum absolute atomic E-state index is 10.4. The van der Waals surface area contributed by atoms with E-state index in [1.807, 2.05) is 0 Å². The Morgan fingerprint density at radius 2 is 2.17 bits per heavy atom. The number of ether oxygens (including phenoxy) is 1. The normalized spacial score (nSPS) is 27.2. The van der Waals surface area contributed by atoms with Crippen molar-refractivity contribution < 1.29 is 14.9 Å². The van der Waals surface area contributed by atoms with Gasteiger partial charge < -0.3 is 20.7 Å². The number of aromatic nitrogens is 4. The lowest BCUT2D eigenvalue weighted by atomic mass is 10.1. The van der Waals surface area contributed by atoms with E-state index in [4.69, 9.17) is 22.1 Å². The Morgan fingerprint density at radius 3 is 2.92 bits per heavy atom. The van der Waals surface area contributed by atoms with Crippen molar-refractivity contribution in [2.24, 2.45) is 0 Å². The van der Waals surface area contributed by atoms with Crippen molar-refractivity contribution in [3.05, 3.63) is 11.6 Å². The van der Waals surface area contributed by atoms with Crippen LogP contribution in [0.25, 0.3) is 11.2 Å². The third kappa shape index (κ3) is 3.31. The predicted octanol–water partition coefficient (Wildman–Crippen LogP) is 1.21. The van der Waals surface area contributed by atoms with E-state index in [0.29, 0.717) is 16.9 Å². The highest BCUT2D eigenvalue weighted by atomic mass is 35.5. The first kappa shape index (κ1) is 17.7. The molecule has 2 aromatic heterocycles. The number of unbranched alkanes of at least 4 members (excludes halogenated alkanes) is 1. The van der Waals surface area contributed by atoms with Crippen molar-refractivity contribution >= 4 is 40.3 Å². The van der Waals surface area contributed by atoms with Gasteiger partial charge in [-0.25, -0.2) is 4.98 Å². The number of thioether (sulfide) groups is 1. The number of imidazole rings is 1. The van der Waals surface area contributed by atoms with Crippen LogP contribution in [0.1, 0.15) is 26.0 Å². The van der Waals surface area contributed by atoms with Crippen LogP contribution >= 0.6 is 23.4 Å². The molecule has 8 nitrogen and oxygen atoms in total. The number of halogens is 1. The van der Waals surface area contributed by atoms with E-state index in [1.165, 1.54) is 10.9 Å². The summed E-state index contributed by atoms with van der Waals surface area (Å²) in [6.45, 7) is 2.13. The zero-order valence-electron chi connectivity index (χ0n) is 13.2. The van der Waals surface area contributed by atoms with Crippen LogP contribution in [0.5, 0.6) is 0 Å². The molecule has 10 heteroatoms.